The van der Waals surface area contributed by atoms with Gasteiger partial charge in [0.25, 0.3) is 5.91 Å². The summed E-state index contributed by atoms with van der Waals surface area (Å²) in [7, 11) is 0. The summed E-state index contributed by atoms with van der Waals surface area (Å²) in [6, 6.07) is 13.4. The lowest BCUT2D eigenvalue weighted by molar-refractivity contribution is -0.131. The van der Waals surface area contributed by atoms with Gasteiger partial charge in [-0.05, 0) is 36.4 Å². The summed E-state index contributed by atoms with van der Waals surface area (Å²) in [4.78, 5) is 27.7. The average molecular weight is 372 g/mol. The molecule has 0 aliphatic heterocycles. The number of hydrogen-bond donors (Lipinski definition) is 1. The molecule has 0 spiro atoms. The summed E-state index contributed by atoms with van der Waals surface area (Å²) < 4.78 is 10.2. The second-order valence-electron chi connectivity index (χ2n) is 5.29. The molecule has 0 saturated heterocycles. The van der Waals surface area contributed by atoms with Crippen molar-refractivity contribution in [3.05, 3.63) is 65.0 Å². The molecule has 1 heterocycles. The minimum absolute atomic E-state index is 0.0355. The van der Waals surface area contributed by atoms with Gasteiger partial charge in [-0.2, -0.15) is 4.98 Å². The number of benzene rings is 2. The monoisotopic (exact) mass is 371 g/mol. The zero-order valence-corrected chi connectivity index (χ0v) is 14.5. The Balaban J connectivity index is 1.67. The van der Waals surface area contributed by atoms with Gasteiger partial charge in [0.05, 0.1) is 12.1 Å². The summed E-state index contributed by atoms with van der Waals surface area (Å²) in [5.41, 5.74) is 0.982. The van der Waals surface area contributed by atoms with E-state index in [9.17, 15) is 9.59 Å². The minimum atomic E-state index is -0.505. The molecule has 0 atom stereocenters. The molecule has 1 aromatic heterocycles. The summed E-state index contributed by atoms with van der Waals surface area (Å²) >= 11 is 5.85. The lowest BCUT2D eigenvalue weighted by Crippen LogP contribution is -2.24. The maximum atomic E-state index is 12.3. The van der Waals surface area contributed by atoms with E-state index in [1.807, 2.05) is 0 Å². The van der Waals surface area contributed by atoms with Crippen LogP contribution in [0, 0.1) is 0 Å². The van der Waals surface area contributed by atoms with Crippen molar-refractivity contribution in [2.24, 2.45) is 0 Å². The first kappa shape index (κ1) is 17.6. The van der Waals surface area contributed by atoms with Gasteiger partial charge in [0, 0.05) is 17.5 Å². The van der Waals surface area contributed by atoms with Gasteiger partial charge in [-0.25, -0.2) is 0 Å². The van der Waals surface area contributed by atoms with Crippen LogP contribution in [0.5, 0.6) is 5.75 Å². The standard InChI is InChI=1S/C18H14ClN3O4/c1-11(23)25-15-5-3-2-4-14(15)18(24)20-10-16-21-17(22-26-16)12-6-8-13(19)9-7-12/h2-9H,10H2,1H3,(H,20,24). The Morgan fingerprint density at radius 3 is 2.62 bits per heavy atom. The van der Waals surface area contributed by atoms with Gasteiger partial charge in [0.15, 0.2) is 0 Å². The Labute approximate surface area is 153 Å². The maximum absolute atomic E-state index is 12.3. The predicted octanol–water partition coefficient (Wildman–Crippen LogP) is 3.25. The predicted molar refractivity (Wildman–Crippen MR) is 93.7 cm³/mol. The molecule has 7 nitrogen and oxygen atoms in total. The van der Waals surface area contributed by atoms with Crippen molar-refractivity contribution >= 4 is 23.5 Å². The molecule has 26 heavy (non-hydrogen) atoms. The van der Waals surface area contributed by atoms with Crippen molar-refractivity contribution in [3.63, 3.8) is 0 Å². The highest BCUT2D eigenvalue weighted by Crippen LogP contribution is 2.20. The summed E-state index contributed by atoms with van der Waals surface area (Å²) in [6.07, 6.45) is 0. The lowest BCUT2D eigenvalue weighted by Gasteiger charge is -2.08. The molecule has 0 unspecified atom stereocenters. The zero-order chi connectivity index (χ0) is 18.5. The molecule has 2 aromatic carbocycles. The lowest BCUT2D eigenvalue weighted by atomic mass is 10.2. The normalized spacial score (nSPS) is 10.4. The molecular formula is C18H14ClN3O4. The molecule has 1 amide bonds. The van der Waals surface area contributed by atoms with Crippen LogP contribution < -0.4 is 10.1 Å². The third kappa shape index (κ3) is 4.25. The zero-order valence-electron chi connectivity index (χ0n) is 13.7. The van der Waals surface area contributed by atoms with E-state index in [1.54, 1.807) is 48.5 Å². The highest BCUT2D eigenvalue weighted by molar-refractivity contribution is 6.30. The van der Waals surface area contributed by atoms with Gasteiger partial charge in [0.1, 0.15) is 5.75 Å². The summed E-state index contributed by atoms with van der Waals surface area (Å²) in [5.74, 6) is -0.104. The fourth-order valence-electron chi connectivity index (χ4n) is 2.19. The van der Waals surface area contributed by atoms with Gasteiger partial charge < -0.3 is 14.6 Å². The van der Waals surface area contributed by atoms with E-state index in [0.29, 0.717) is 10.8 Å². The highest BCUT2D eigenvalue weighted by Gasteiger charge is 2.15. The molecule has 0 saturated carbocycles. The third-order valence-corrected chi connectivity index (χ3v) is 3.61. The van der Waals surface area contributed by atoms with E-state index in [1.165, 1.54) is 6.92 Å². The van der Waals surface area contributed by atoms with Crippen LogP contribution in [0.1, 0.15) is 23.2 Å². The van der Waals surface area contributed by atoms with Crippen molar-refractivity contribution in [3.8, 4) is 17.1 Å². The van der Waals surface area contributed by atoms with Crippen LogP contribution in [0.15, 0.2) is 53.1 Å². The van der Waals surface area contributed by atoms with Gasteiger partial charge in [-0.3, -0.25) is 9.59 Å². The number of nitrogens with one attached hydrogen (secondary N) is 1. The molecule has 0 radical (unpaired) electrons. The molecular weight excluding hydrogens is 358 g/mol. The smallest absolute Gasteiger partial charge is 0.308 e. The van der Waals surface area contributed by atoms with Crippen molar-refractivity contribution in [1.29, 1.82) is 0 Å². The number of para-hydroxylation sites is 1. The number of esters is 1. The van der Waals surface area contributed by atoms with Crippen LogP contribution in [0.2, 0.25) is 5.02 Å². The van der Waals surface area contributed by atoms with Crippen LogP contribution in [0.3, 0.4) is 0 Å². The molecule has 132 valence electrons. The molecule has 3 rings (SSSR count). The first-order chi connectivity index (χ1) is 12.5. The number of aromatic nitrogens is 2. The number of ether oxygens (including phenoxy) is 1. The van der Waals surface area contributed by atoms with Crippen molar-refractivity contribution in [2.45, 2.75) is 13.5 Å². The number of hydrogen-bond acceptors (Lipinski definition) is 6. The van der Waals surface area contributed by atoms with Gasteiger partial charge in [-0.1, -0.05) is 28.9 Å². The second kappa shape index (κ2) is 7.79. The minimum Gasteiger partial charge on any atom is -0.426 e. The topological polar surface area (TPSA) is 94.3 Å². The molecule has 0 aliphatic rings. The fourth-order valence-corrected chi connectivity index (χ4v) is 2.32. The SMILES string of the molecule is CC(=O)Oc1ccccc1C(=O)NCc1nc(-c2ccc(Cl)cc2)no1. The number of carbonyl (C=O) groups is 2. The Hall–Kier alpha value is -3.19. The molecule has 0 aliphatic carbocycles. The van der Waals surface area contributed by atoms with Crippen molar-refractivity contribution in [2.75, 3.05) is 0 Å². The summed E-state index contributed by atoms with van der Waals surface area (Å²) in [6.45, 7) is 1.30. The quantitative estimate of drug-likeness (QED) is 0.546. The molecule has 0 bridgehead atoms. The number of halogens is 1. The van der Waals surface area contributed by atoms with E-state index in [-0.39, 0.29) is 23.7 Å². The van der Waals surface area contributed by atoms with Crippen LogP contribution in [-0.2, 0) is 11.3 Å². The second-order valence-corrected chi connectivity index (χ2v) is 5.73. The van der Waals surface area contributed by atoms with E-state index in [2.05, 4.69) is 15.5 Å². The van der Waals surface area contributed by atoms with E-state index < -0.39 is 11.9 Å². The Morgan fingerprint density at radius 2 is 1.88 bits per heavy atom. The molecule has 1 N–H and O–H groups in total. The first-order valence-electron chi connectivity index (χ1n) is 7.67. The third-order valence-electron chi connectivity index (χ3n) is 3.36. The van der Waals surface area contributed by atoms with Gasteiger partial charge in [0.2, 0.25) is 11.7 Å². The van der Waals surface area contributed by atoms with E-state index in [0.717, 1.165) is 5.56 Å². The Morgan fingerprint density at radius 1 is 1.15 bits per heavy atom. The van der Waals surface area contributed by atoms with Gasteiger partial charge >= 0.3 is 5.97 Å². The van der Waals surface area contributed by atoms with Gasteiger partial charge in [-0.15, -0.1) is 0 Å². The van der Waals surface area contributed by atoms with Crippen LogP contribution in [0.25, 0.3) is 11.4 Å². The van der Waals surface area contributed by atoms with Crippen LogP contribution in [0.4, 0.5) is 0 Å². The Bertz CT molecular complexity index is 938. The molecule has 8 heteroatoms. The highest BCUT2D eigenvalue weighted by atomic mass is 35.5. The van der Waals surface area contributed by atoms with Crippen LogP contribution >= 0.6 is 11.6 Å². The average Bonchev–Trinajstić information content (AvgIpc) is 3.09. The van der Waals surface area contributed by atoms with E-state index in [4.69, 9.17) is 20.9 Å². The van der Waals surface area contributed by atoms with E-state index >= 15 is 0 Å². The molecule has 3 aromatic rings. The Kier molecular flexibility index (Phi) is 5.28. The van der Waals surface area contributed by atoms with Crippen molar-refractivity contribution < 1.29 is 18.8 Å². The fraction of sp³-hybridized carbons (Fsp3) is 0.111. The molecule has 0 fully saturated rings. The largest absolute Gasteiger partial charge is 0.426 e. The number of nitrogens with zero attached hydrogens (tertiary/aromatic N) is 2. The summed E-state index contributed by atoms with van der Waals surface area (Å²) in [5, 5.41) is 7.14. The van der Waals surface area contributed by atoms with Crippen LogP contribution in [-0.4, -0.2) is 22.0 Å². The first-order valence-corrected chi connectivity index (χ1v) is 8.05. The number of carbonyl (C=O) groups excluding carboxylic acids is 2. The number of rotatable bonds is 5. The van der Waals surface area contributed by atoms with Crippen molar-refractivity contribution in [1.82, 2.24) is 15.5 Å². The maximum Gasteiger partial charge on any atom is 0.308 e. The number of amides is 1.